The van der Waals surface area contributed by atoms with Crippen molar-refractivity contribution in [3.05, 3.63) is 71.0 Å². The highest BCUT2D eigenvalue weighted by molar-refractivity contribution is 5.47. The summed E-state index contributed by atoms with van der Waals surface area (Å²) in [6.45, 7) is 5.43. The van der Waals surface area contributed by atoms with Crippen LogP contribution in [-0.2, 0) is 6.42 Å². The molecule has 0 saturated carbocycles. The number of phenols is 1. The molecule has 0 amide bonds. The van der Waals surface area contributed by atoms with Crippen LogP contribution in [0.25, 0.3) is 0 Å². The number of piperazine rings is 1. The Morgan fingerprint density at radius 3 is 2.24 bits per heavy atom. The molecule has 146 valence electrons. The average molecular weight is 386 g/mol. The summed E-state index contributed by atoms with van der Waals surface area (Å²) in [5, 5.41) is 27.2. The molecule has 3 aromatic rings. The molecule has 7 heteroatoms. The summed E-state index contributed by atoms with van der Waals surface area (Å²) < 4.78 is 0. The van der Waals surface area contributed by atoms with Crippen LogP contribution in [0.3, 0.4) is 0 Å². The molecule has 4 rings (SSSR count). The molecule has 1 aliphatic heterocycles. The number of aromatic nitrogens is 3. The van der Waals surface area contributed by atoms with Crippen molar-refractivity contribution in [1.82, 2.24) is 15.2 Å². The van der Waals surface area contributed by atoms with E-state index >= 15 is 0 Å². The summed E-state index contributed by atoms with van der Waals surface area (Å²) in [7, 11) is 0. The minimum absolute atomic E-state index is 0.266. The first kappa shape index (κ1) is 18.7. The highest BCUT2D eigenvalue weighted by Gasteiger charge is 2.20. The Bertz CT molecular complexity index is 1020. The van der Waals surface area contributed by atoms with Crippen molar-refractivity contribution in [3.63, 3.8) is 0 Å². The molecular weight excluding hydrogens is 364 g/mol. The highest BCUT2D eigenvalue weighted by atomic mass is 16.3. The van der Waals surface area contributed by atoms with Crippen molar-refractivity contribution in [3.8, 4) is 11.8 Å². The van der Waals surface area contributed by atoms with Gasteiger partial charge >= 0.3 is 0 Å². The normalized spacial score (nSPS) is 13.9. The first-order valence-electron chi connectivity index (χ1n) is 9.59. The van der Waals surface area contributed by atoms with Crippen molar-refractivity contribution in [2.75, 3.05) is 36.0 Å². The topological polar surface area (TPSA) is 89.2 Å². The number of anilines is 2. The van der Waals surface area contributed by atoms with Gasteiger partial charge in [0, 0.05) is 38.8 Å². The van der Waals surface area contributed by atoms with E-state index in [0.717, 1.165) is 54.6 Å². The second-order valence-electron chi connectivity index (χ2n) is 7.17. The number of pyridine rings is 1. The molecule has 2 aromatic heterocycles. The molecule has 0 spiro atoms. The Morgan fingerprint density at radius 2 is 1.66 bits per heavy atom. The van der Waals surface area contributed by atoms with Gasteiger partial charge in [0.05, 0.1) is 11.3 Å². The summed E-state index contributed by atoms with van der Waals surface area (Å²) in [6, 6.07) is 15.1. The van der Waals surface area contributed by atoms with Gasteiger partial charge in [-0.05, 0) is 48.4 Å². The zero-order chi connectivity index (χ0) is 20.2. The molecule has 1 fully saturated rings. The second kappa shape index (κ2) is 8.15. The van der Waals surface area contributed by atoms with Gasteiger partial charge in [-0.1, -0.05) is 12.1 Å². The Labute approximate surface area is 169 Å². The molecule has 29 heavy (non-hydrogen) atoms. The van der Waals surface area contributed by atoms with Crippen molar-refractivity contribution >= 4 is 11.6 Å². The SMILES string of the molecule is Cc1cc(N2CCN(c3ccc(C#N)cn3)CC2)nnc1Cc1ccc(O)cc1. The maximum absolute atomic E-state index is 9.42. The lowest BCUT2D eigenvalue weighted by molar-refractivity contribution is 0.475. The third kappa shape index (κ3) is 4.27. The van der Waals surface area contributed by atoms with E-state index < -0.39 is 0 Å². The standard InChI is InChI=1S/C22H22N6O/c1-16-12-22(26-25-20(16)13-17-2-5-19(29)6-3-17)28-10-8-27(9-11-28)21-7-4-18(14-23)15-24-21/h2-7,12,15,29H,8-11,13H2,1H3. The van der Waals surface area contributed by atoms with Gasteiger partial charge in [0.25, 0.3) is 0 Å². The monoisotopic (exact) mass is 386 g/mol. The first-order valence-corrected chi connectivity index (χ1v) is 9.59. The summed E-state index contributed by atoms with van der Waals surface area (Å²) in [5.41, 5.74) is 3.72. The lowest BCUT2D eigenvalue weighted by atomic mass is 10.1. The molecule has 7 nitrogen and oxygen atoms in total. The maximum atomic E-state index is 9.42. The van der Waals surface area contributed by atoms with Gasteiger partial charge in [-0.25, -0.2) is 4.98 Å². The minimum Gasteiger partial charge on any atom is -0.508 e. The minimum atomic E-state index is 0.266. The van der Waals surface area contributed by atoms with Crippen LogP contribution in [-0.4, -0.2) is 46.5 Å². The Balaban J connectivity index is 1.40. The van der Waals surface area contributed by atoms with Crippen molar-refractivity contribution < 1.29 is 5.11 Å². The molecule has 3 heterocycles. The van der Waals surface area contributed by atoms with E-state index in [4.69, 9.17) is 5.26 Å². The van der Waals surface area contributed by atoms with Crippen LogP contribution < -0.4 is 9.80 Å². The first-order chi connectivity index (χ1) is 14.1. The van der Waals surface area contributed by atoms with Crippen LogP contribution in [0.4, 0.5) is 11.6 Å². The van der Waals surface area contributed by atoms with Crippen LogP contribution in [0.5, 0.6) is 5.75 Å². The second-order valence-corrected chi connectivity index (χ2v) is 7.17. The van der Waals surface area contributed by atoms with E-state index in [9.17, 15) is 5.11 Å². The summed E-state index contributed by atoms with van der Waals surface area (Å²) in [4.78, 5) is 8.84. The van der Waals surface area contributed by atoms with Crippen molar-refractivity contribution in [1.29, 1.82) is 5.26 Å². The van der Waals surface area contributed by atoms with Crippen molar-refractivity contribution in [2.45, 2.75) is 13.3 Å². The van der Waals surface area contributed by atoms with Crippen LogP contribution in [0.15, 0.2) is 48.7 Å². The third-order valence-electron chi connectivity index (χ3n) is 5.19. The number of phenolic OH excluding ortho intramolecular Hbond substituents is 1. The number of aryl methyl sites for hydroxylation is 1. The fraction of sp³-hybridized carbons (Fsp3) is 0.273. The number of nitriles is 1. The van der Waals surface area contributed by atoms with Gasteiger partial charge in [0.15, 0.2) is 5.82 Å². The van der Waals surface area contributed by atoms with Gasteiger partial charge in [-0.3, -0.25) is 0 Å². The van der Waals surface area contributed by atoms with Crippen LogP contribution in [0.1, 0.15) is 22.4 Å². The number of benzene rings is 1. The fourth-order valence-corrected chi connectivity index (χ4v) is 3.44. The van der Waals surface area contributed by atoms with E-state index in [0.29, 0.717) is 12.0 Å². The van der Waals surface area contributed by atoms with Gasteiger partial charge in [-0.15, -0.1) is 5.10 Å². The lowest BCUT2D eigenvalue weighted by Crippen LogP contribution is -2.47. The lowest BCUT2D eigenvalue weighted by Gasteiger charge is -2.36. The number of nitrogens with zero attached hydrogens (tertiary/aromatic N) is 6. The maximum Gasteiger partial charge on any atom is 0.151 e. The molecule has 0 radical (unpaired) electrons. The van der Waals surface area contributed by atoms with Gasteiger partial charge < -0.3 is 14.9 Å². The van der Waals surface area contributed by atoms with E-state index in [-0.39, 0.29) is 5.75 Å². The predicted octanol–water partition coefficient (Wildman–Crippen LogP) is 2.67. The smallest absolute Gasteiger partial charge is 0.151 e. The van der Waals surface area contributed by atoms with Crippen molar-refractivity contribution in [2.24, 2.45) is 0 Å². The van der Waals surface area contributed by atoms with E-state index in [1.165, 1.54) is 0 Å². The summed E-state index contributed by atoms with van der Waals surface area (Å²) in [5.74, 6) is 2.06. The molecule has 1 aromatic carbocycles. The Hall–Kier alpha value is -3.66. The summed E-state index contributed by atoms with van der Waals surface area (Å²) in [6.07, 6.45) is 2.31. The highest BCUT2D eigenvalue weighted by Crippen LogP contribution is 2.21. The summed E-state index contributed by atoms with van der Waals surface area (Å²) >= 11 is 0. The van der Waals surface area contributed by atoms with Crippen LogP contribution in [0.2, 0.25) is 0 Å². The van der Waals surface area contributed by atoms with E-state index in [1.807, 2.05) is 18.2 Å². The zero-order valence-corrected chi connectivity index (χ0v) is 16.3. The number of aromatic hydroxyl groups is 1. The van der Waals surface area contributed by atoms with Gasteiger partial charge in [-0.2, -0.15) is 10.4 Å². The Morgan fingerprint density at radius 1 is 0.966 bits per heavy atom. The number of rotatable bonds is 4. The molecular formula is C22H22N6O. The molecule has 0 atom stereocenters. The molecule has 0 unspecified atom stereocenters. The molecule has 1 N–H and O–H groups in total. The van der Waals surface area contributed by atoms with Gasteiger partial charge in [0.1, 0.15) is 17.6 Å². The zero-order valence-electron chi connectivity index (χ0n) is 16.3. The molecule has 0 bridgehead atoms. The molecule has 1 aliphatic rings. The number of hydrogen-bond donors (Lipinski definition) is 1. The Kier molecular flexibility index (Phi) is 5.25. The quantitative estimate of drug-likeness (QED) is 0.737. The fourth-order valence-electron chi connectivity index (χ4n) is 3.44. The average Bonchev–Trinajstić information content (AvgIpc) is 2.77. The van der Waals surface area contributed by atoms with Gasteiger partial charge in [0.2, 0.25) is 0 Å². The van der Waals surface area contributed by atoms with E-state index in [1.54, 1.807) is 24.4 Å². The van der Waals surface area contributed by atoms with Crippen LogP contribution >= 0.6 is 0 Å². The van der Waals surface area contributed by atoms with Crippen LogP contribution in [0, 0.1) is 18.3 Å². The molecule has 1 saturated heterocycles. The largest absolute Gasteiger partial charge is 0.508 e. The number of hydrogen-bond acceptors (Lipinski definition) is 7. The van der Waals surface area contributed by atoms with E-state index in [2.05, 4.69) is 44.0 Å². The third-order valence-corrected chi connectivity index (χ3v) is 5.19. The molecule has 0 aliphatic carbocycles. The predicted molar refractivity (Wildman–Crippen MR) is 111 cm³/mol.